The Bertz CT molecular complexity index is 1130. The third-order valence-electron chi connectivity index (χ3n) is 4.68. The van der Waals surface area contributed by atoms with Gasteiger partial charge >= 0.3 is 6.18 Å². The molecular weight excluding hydrogens is 366 g/mol. The number of halogens is 4. The molecule has 4 aromatic rings. The Morgan fingerprint density at radius 3 is 2.18 bits per heavy atom. The fourth-order valence-corrected chi connectivity index (χ4v) is 3.42. The normalized spacial score (nSPS) is 11.7. The first kappa shape index (κ1) is 18.2. The summed E-state index contributed by atoms with van der Waals surface area (Å²) in [7, 11) is 0. The van der Waals surface area contributed by atoms with Gasteiger partial charge in [-0.05, 0) is 34.4 Å². The van der Waals surface area contributed by atoms with Crippen LogP contribution in [0.5, 0.6) is 0 Å². The summed E-state index contributed by atoms with van der Waals surface area (Å²) in [6.07, 6.45) is -2.85. The van der Waals surface area contributed by atoms with E-state index in [9.17, 15) is 17.6 Å². The lowest BCUT2D eigenvalue weighted by Gasteiger charge is -2.16. The van der Waals surface area contributed by atoms with Crippen LogP contribution in [0.3, 0.4) is 0 Å². The molecule has 0 spiro atoms. The van der Waals surface area contributed by atoms with Gasteiger partial charge < -0.3 is 0 Å². The van der Waals surface area contributed by atoms with Gasteiger partial charge in [-0.3, -0.25) is 4.98 Å². The fraction of sp³-hybridized carbons (Fsp3) is 0.0870. The quantitative estimate of drug-likeness (QED) is 0.362. The monoisotopic (exact) mass is 381 g/mol. The van der Waals surface area contributed by atoms with E-state index in [1.165, 1.54) is 18.3 Å². The summed E-state index contributed by atoms with van der Waals surface area (Å²) in [6, 6.07) is 19.6. The van der Waals surface area contributed by atoms with Crippen molar-refractivity contribution in [3.8, 4) is 11.1 Å². The van der Waals surface area contributed by atoms with Crippen LogP contribution in [-0.4, -0.2) is 4.98 Å². The Morgan fingerprint density at radius 1 is 0.750 bits per heavy atom. The molecule has 1 aromatic heterocycles. The van der Waals surface area contributed by atoms with Gasteiger partial charge in [0.25, 0.3) is 0 Å². The van der Waals surface area contributed by atoms with Crippen LogP contribution in [0.1, 0.15) is 16.7 Å². The molecular formula is C23H15F4N. The molecule has 0 aliphatic carbocycles. The molecule has 0 saturated carbocycles. The van der Waals surface area contributed by atoms with E-state index in [0.717, 1.165) is 11.6 Å². The second-order valence-corrected chi connectivity index (χ2v) is 6.49. The second kappa shape index (κ2) is 7.08. The minimum atomic E-state index is -4.51. The van der Waals surface area contributed by atoms with Gasteiger partial charge in [-0.2, -0.15) is 13.2 Å². The predicted octanol–water partition coefficient (Wildman–Crippen LogP) is 6.65. The van der Waals surface area contributed by atoms with Crippen LogP contribution in [0.15, 0.2) is 79.0 Å². The molecule has 0 amide bonds. The van der Waals surface area contributed by atoms with Gasteiger partial charge in [0.2, 0.25) is 0 Å². The number of hydrogen-bond donors (Lipinski definition) is 0. The Labute approximate surface area is 159 Å². The highest BCUT2D eigenvalue weighted by atomic mass is 19.4. The van der Waals surface area contributed by atoms with Crippen molar-refractivity contribution in [2.24, 2.45) is 0 Å². The van der Waals surface area contributed by atoms with Crippen molar-refractivity contribution in [2.75, 3.05) is 0 Å². The zero-order chi connectivity index (χ0) is 19.7. The lowest BCUT2D eigenvalue weighted by atomic mass is 9.92. The van der Waals surface area contributed by atoms with Crippen molar-refractivity contribution in [1.82, 2.24) is 4.98 Å². The molecule has 5 heteroatoms. The summed E-state index contributed by atoms with van der Waals surface area (Å²) >= 11 is 0. The highest BCUT2D eigenvalue weighted by Crippen LogP contribution is 2.38. The highest BCUT2D eigenvalue weighted by molar-refractivity contribution is 5.97. The summed E-state index contributed by atoms with van der Waals surface area (Å²) in [4.78, 5) is 4.12. The largest absolute Gasteiger partial charge is 0.418 e. The number of nitrogens with zero attached hydrogens (tertiary/aromatic N) is 1. The highest BCUT2D eigenvalue weighted by Gasteiger charge is 2.33. The molecule has 0 fully saturated rings. The maximum atomic E-state index is 14.2. The van der Waals surface area contributed by atoms with E-state index in [0.29, 0.717) is 22.1 Å². The lowest BCUT2D eigenvalue weighted by molar-refractivity contribution is -0.136. The van der Waals surface area contributed by atoms with Crippen LogP contribution in [0.2, 0.25) is 0 Å². The number of aromatic nitrogens is 1. The molecule has 0 N–H and O–H groups in total. The van der Waals surface area contributed by atoms with Crippen LogP contribution in [0.25, 0.3) is 22.0 Å². The van der Waals surface area contributed by atoms with E-state index in [2.05, 4.69) is 4.98 Å². The third kappa shape index (κ3) is 3.36. The van der Waals surface area contributed by atoms with Gasteiger partial charge in [0, 0.05) is 18.0 Å². The van der Waals surface area contributed by atoms with Gasteiger partial charge in [-0.25, -0.2) is 4.39 Å². The van der Waals surface area contributed by atoms with E-state index >= 15 is 0 Å². The summed E-state index contributed by atoms with van der Waals surface area (Å²) in [5, 5.41) is 0.398. The summed E-state index contributed by atoms with van der Waals surface area (Å²) in [5.74, 6) is -0.356. The fourth-order valence-electron chi connectivity index (χ4n) is 3.42. The maximum absolute atomic E-state index is 14.2. The molecule has 0 aliphatic heterocycles. The minimum absolute atomic E-state index is 0.105. The van der Waals surface area contributed by atoms with Gasteiger partial charge in [0.15, 0.2) is 0 Å². The summed E-state index contributed by atoms with van der Waals surface area (Å²) < 4.78 is 54.6. The van der Waals surface area contributed by atoms with Crippen LogP contribution < -0.4 is 0 Å². The van der Waals surface area contributed by atoms with Crippen LogP contribution in [0, 0.1) is 5.82 Å². The number of alkyl halides is 3. The molecule has 0 radical (unpaired) electrons. The van der Waals surface area contributed by atoms with Crippen LogP contribution in [0.4, 0.5) is 17.6 Å². The van der Waals surface area contributed by atoms with E-state index < -0.39 is 11.7 Å². The standard InChI is InChI=1S/C23H15F4N/c24-20-12-5-4-9-16(20)13-17-14-28-22-18(10-6-11-19(22)23(25,26)27)21(17)15-7-2-1-3-8-15/h1-12,14H,13H2. The maximum Gasteiger partial charge on any atom is 0.418 e. The minimum Gasteiger partial charge on any atom is -0.255 e. The molecule has 28 heavy (non-hydrogen) atoms. The molecule has 0 bridgehead atoms. The van der Waals surface area contributed by atoms with Gasteiger partial charge in [0.05, 0.1) is 11.1 Å². The van der Waals surface area contributed by atoms with Crippen LogP contribution >= 0.6 is 0 Å². The zero-order valence-corrected chi connectivity index (χ0v) is 14.7. The molecule has 0 aliphatic rings. The van der Waals surface area contributed by atoms with E-state index in [1.807, 2.05) is 30.3 Å². The average Bonchev–Trinajstić information content (AvgIpc) is 2.69. The molecule has 0 atom stereocenters. The third-order valence-corrected chi connectivity index (χ3v) is 4.68. The predicted molar refractivity (Wildman–Crippen MR) is 101 cm³/mol. The molecule has 0 unspecified atom stereocenters. The molecule has 4 rings (SSSR count). The zero-order valence-electron chi connectivity index (χ0n) is 14.7. The van der Waals surface area contributed by atoms with E-state index in [-0.39, 0.29) is 17.8 Å². The first-order valence-corrected chi connectivity index (χ1v) is 8.72. The molecule has 3 aromatic carbocycles. The van der Waals surface area contributed by atoms with Crippen molar-refractivity contribution in [3.63, 3.8) is 0 Å². The van der Waals surface area contributed by atoms with Crippen molar-refractivity contribution in [3.05, 3.63) is 102 Å². The number of hydrogen-bond acceptors (Lipinski definition) is 1. The number of benzene rings is 3. The number of pyridine rings is 1. The second-order valence-electron chi connectivity index (χ2n) is 6.49. The van der Waals surface area contributed by atoms with Crippen molar-refractivity contribution in [1.29, 1.82) is 0 Å². The van der Waals surface area contributed by atoms with Gasteiger partial charge in [-0.15, -0.1) is 0 Å². The smallest absolute Gasteiger partial charge is 0.255 e. The van der Waals surface area contributed by atoms with E-state index in [1.54, 1.807) is 24.3 Å². The van der Waals surface area contributed by atoms with Gasteiger partial charge in [0.1, 0.15) is 5.82 Å². The number of para-hydroxylation sites is 1. The summed E-state index contributed by atoms with van der Waals surface area (Å²) in [5.41, 5.74) is 1.65. The van der Waals surface area contributed by atoms with Gasteiger partial charge in [-0.1, -0.05) is 60.7 Å². The van der Waals surface area contributed by atoms with Crippen molar-refractivity contribution >= 4 is 10.9 Å². The first-order chi connectivity index (χ1) is 13.4. The van der Waals surface area contributed by atoms with Crippen LogP contribution in [-0.2, 0) is 12.6 Å². The molecule has 1 heterocycles. The van der Waals surface area contributed by atoms with Crippen molar-refractivity contribution in [2.45, 2.75) is 12.6 Å². The number of rotatable bonds is 3. The Kier molecular flexibility index (Phi) is 4.59. The first-order valence-electron chi connectivity index (χ1n) is 8.72. The Balaban J connectivity index is 1.99. The Hall–Kier alpha value is -3.21. The van der Waals surface area contributed by atoms with E-state index in [4.69, 9.17) is 0 Å². The molecule has 140 valence electrons. The topological polar surface area (TPSA) is 12.9 Å². The molecule has 1 nitrogen and oxygen atoms in total. The SMILES string of the molecule is Fc1ccccc1Cc1cnc2c(C(F)(F)F)cccc2c1-c1ccccc1. The van der Waals surface area contributed by atoms with Crippen molar-refractivity contribution < 1.29 is 17.6 Å². The Morgan fingerprint density at radius 2 is 1.46 bits per heavy atom. The molecule has 0 saturated heterocycles. The average molecular weight is 381 g/mol. The summed E-state index contributed by atoms with van der Waals surface area (Å²) in [6.45, 7) is 0. The lowest BCUT2D eigenvalue weighted by Crippen LogP contribution is -2.07. The number of fused-ring (bicyclic) bond motifs is 1.